The number of nitrogens with zero attached hydrogens (tertiary/aromatic N) is 2. The molecule has 2 N–H and O–H groups in total. The Kier molecular flexibility index (Phi) is 4.33. The van der Waals surface area contributed by atoms with Crippen LogP contribution in [-0.4, -0.2) is 16.2 Å². The Labute approximate surface area is 111 Å². The zero-order valence-electron chi connectivity index (χ0n) is 10.6. The van der Waals surface area contributed by atoms with E-state index in [1.807, 2.05) is 24.3 Å². The molecule has 0 unspecified atom stereocenters. The summed E-state index contributed by atoms with van der Waals surface area (Å²) in [5.41, 5.74) is 0.915. The molecule has 0 aliphatic heterocycles. The molecule has 4 nitrogen and oxygen atoms in total. The van der Waals surface area contributed by atoms with Gasteiger partial charge in [-0.3, -0.25) is 0 Å². The van der Waals surface area contributed by atoms with Crippen LogP contribution in [-0.2, 0) is 6.54 Å². The zero-order valence-corrected chi connectivity index (χ0v) is 11.3. The monoisotopic (exact) mass is 266 g/mol. The highest BCUT2D eigenvalue weighted by Crippen LogP contribution is 2.18. The van der Waals surface area contributed by atoms with Gasteiger partial charge in [-0.05, 0) is 37.6 Å². The van der Waals surface area contributed by atoms with Crippen molar-refractivity contribution in [3.63, 3.8) is 0 Å². The first-order valence-corrected chi connectivity index (χ1v) is 6.48. The van der Waals surface area contributed by atoms with Crippen LogP contribution in [0.5, 0.6) is 0 Å². The molecular formula is C13H17ClN3O+. The van der Waals surface area contributed by atoms with Crippen molar-refractivity contribution >= 4 is 11.6 Å². The van der Waals surface area contributed by atoms with Crippen LogP contribution >= 0.6 is 11.6 Å². The largest absolute Gasteiger partial charge is 0.336 e. The Hall–Kier alpha value is -1.39. The van der Waals surface area contributed by atoms with E-state index in [9.17, 15) is 0 Å². The molecule has 0 saturated carbocycles. The molecule has 0 saturated heterocycles. The lowest BCUT2D eigenvalue weighted by atomic mass is 10.2. The van der Waals surface area contributed by atoms with E-state index >= 15 is 0 Å². The van der Waals surface area contributed by atoms with Crippen molar-refractivity contribution in [1.29, 1.82) is 0 Å². The van der Waals surface area contributed by atoms with E-state index < -0.39 is 0 Å². The maximum Gasteiger partial charge on any atom is 0.282 e. The minimum Gasteiger partial charge on any atom is -0.336 e. The van der Waals surface area contributed by atoms with Gasteiger partial charge in [-0.15, -0.1) is 0 Å². The Morgan fingerprint density at radius 1 is 1.33 bits per heavy atom. The molecule has 2 rings (SSSR count). The molecule has 1 aromatic heterocycles. The lowest BCUT2D eigenvalue weighted by Gasteiger charge is -2.04. The normalized spacial score (nSPS) is 12.6. The smallest absolute Gasteiger partial charge is 0.282 e. The fourth-order valence-electron chi connectivity index (χ4n) is 1.52. The molecule has 18 heavy (non-hydrogen) atoms. The second-order valence-electron chi connectivity index (χ2n) is 4.34. The van der Waals surface area contributed by atoms with E-state index in [1.54, 1.807) is 0 Å². The minimum atomic E-state index is 0.566. The molecule has 1 heterocycles. The average molecular weight is 267 g/mol. The lowest BCUT2D eigenvalue weighted by molar-refractivity contribution is -0.703. The summed E-state index contributed by atoms with van der Waals surface area (Å²) in [4.78, 5) is 4.36. The van der Waals surface area contributed by atoms with E-state index in [2.05, 4.69) is 29.3 Å². The molecule has 0 aliphatic carbocycles. The van der Waals surface area contributed by atoms with Gasteiger partial charge in [0.15, 0.2) is 6.54 Å². The van der Waals surface area contributed by atoms with Gasteiger partial charge in [0.1, 0.15) is 0 Å². The van der Waals surface area contributed by atoms with Crippen LogP contribution in [0.4, 0.5) is 0 Å². The van der Waals surface area contributed by atoms with E-state index in [-0.39, 0.29) is 0 Å². The SMILES string of the molecule is CC[C@H](C)[NH2+]Cc1nc(-c2ccc(Cl)cc2)no1. The van der Waals surface area contributed by atoms with Crippen molar-refractivity contribution in [1.82, 2.24) is 10.1 Å². The Balaban J connectivity index is 2.03. The molecule has 96 valence electrons. The topological polar surface area (TPSA) is 55.5 Å². The third-order valence-corrected chi connectivity index (χ3v) is 3.16. The molecule has 1 atom stereocenters. The van der Waals surface area contributed by atoms with Gasteiger partial charge in [0.2, 0.25) is 5.82 Å². The van der Waals surface area contributed by atoms with E-state index in [0.717, 1.165) is 18.5 Å². The summed E-state index contributed by atoms with van der Waals surface area (Å²) in [6.07, 6.45) is 1.12. The number of quaternary nitrogens is 1. The van der Waals surface area contributed by atoms with Crippen molar-refractivity contribution in [3.05, 3.63) is 35.2 Å². The molecule has 5 heteroatoms. The third kappa shape index (κ3) is 3.31. The van der Waals surface area contributed by atoms with Gasteiger partial charge in [0.05, 0.1) is 6.04 Å². The Bertz CT molecular complexity index is 495. The highest BCUT2D eigenvalue weighted by Gasteiger charge is 2.11. The summed E-state index contributed by atoms with van der Waals surface area (Å²) >= 11 is 5.84. The maximum atomic E-state index is 5.84. The van der Waals surface area contributed by atoms with E-state index in [4.69, 9.17) is 16.1 Å². The molecule has 1 aromatic carbocycles. The second kappa shape index (κ2) is 5.98. The fraction of sp³-hybridized carbons (Fsp3) is 0.385. The van der Waals surface area contributed by atoms with Crippen LogP contribution in [0.3, 0.4) is 0 Å². The van der Waals surface area contributed by atoms with Gasteiger partial charge in [-0.25, -0.2) is 0 Å². The predicted octanol–water partition coefficient (Wildman–Crippen LogP) is 2.25. The minimum absolute atomic E-state index is 0.566. The third-order valence-electron chi connectivity index (χ3n) is 2.91. The molecular weight excluding hydrogens is 250 g/mol. The molecule has 0 bridgehead atoms. The van der Waals surface area contributed by atoms with Gasteiger partial charge in [0, 0.05) is 10.6 Å². The maximum absolute atomic E-state index is 5.84. The number of hydrogen-bond acceptors (Lipinski definition) is 3. The lowest BCUT2D eigenvalue weighted by Crippen LogP contribution is -2.87. The number of rotatable bonds is 5. The van der Waals surface area contributed by atoms with Crippen molar-refractivity contribution in [2.24, 2.45) is 0 Å². The molecule has 0 fully saturated rings. The quantitative estimate of drug-likeness (QED) is 0.903. The van der Waals surface area contributed by atoms with Crippen molar-refractivity contribution < 1.29 is 9.84 Å². The van der Waals surface area contributed by atoms with Crippen LogP contribution in [0.1, 0.15) is 26.2 Å². The number of halogens is 1. The van der Waals surface area contributed by atoms with Crippen molar-refractivity contribution in [3.8, 4) is 11.4 Å². The van der Waals surface area contributed by atoms with Gasteiger partial charge in [-0.1, -0.05) is 23.7 Å². The first-order valence-electron chi connectivity index (χ1n) is 6.11. The Morgan fingerprint density at radius 3 is 2.72 bits per heavy atom. The van der Waals surface area contributed by atoms with Crippen LogP contribution < -0.4 is 5.32 Å². The molecule has 0 amide bonds. The summed E-state index contributed by atoms with van der Waals surface area (Å²) < 4.78 is 5.22. The van der Waals surface area contributed by atoms with Crippen LogP contribution in [0, 0.1) is 0 Å². The molecule has 2 aromatic rings. The summed E-state index contributed by atoms with van der Waals surface area (Å²) in [6, 6.07) is 7.97. The number of benzene rings is 1. The van der Waals surface area contributed by atoms with Crippen molar-refractivity contribution in [2.45, 2.75) is 32.9 Å². The number of hydrogen-bond donors (Lipinski definition) is 1. The highest BCUT2D eigenvalue weighted by molar-refractivity contribution is 6.30. The van der Waals surface area contributed by atoms with Gasteiger partial charge >= 0.3 is 0 Å². The van der Waals surface area contributed by atoms with E-state index in [0.29, 0.717) is 22.8 Å². The first kappa shape index (κ1) is 13.1. The van der Waals surface area contributed by atoms with Gasteiger partial charge in [-0.2, -0.15) is 4.98 Å². The predicted molar refractivity (Wildman–Crippen MR) is 70.1 cm³/mol. The summed E-state index contributed by atoms with van der Waals surface area (Å²) in [5, 5.41) is 6.87. The summed E-state index contributed by atoms with van der Waals surface area (Å²) in [7, 11) is 0. The van der Waals surface area contributed by atoms with Crippen LogP contribution in [0.15, 0.2) is 28.8 Å². The van der Waals surface area contributed by atoms with Crippen LogP contribution in [0.25, 0.3) is 11.4 Å². The first-order chi connectivity index (χ1) is 8.69. The van der Waals surface area contributed by atoms with E-state index in [1.165, 1.54) is 0 Å². The van der Waals surface area contributed by atoms with Gasteiger partial charge < -0.3 is 9.84 Å². The standard InChI is InChI=1S/C13H16ClN3O/c1-3-9(2)15-8-12-16-13(17-18-12)10-4-6-11(14)7-5-10/h4-7,9,15H,3,8H2,1-2H3/p+1/t9-/m0/s1. The molecule has 0 radical (unpaired) electrons. The fourth-order valence-corrected chi connectivity index (χ4v) is 1.65. The Morgan fingerprint density at radius 2 is 2.06 bits per heavy atom. The number of aromatic nitrogens is 2. The van der Waals surface area contributed by atoms with Crippen LogP contribution in [0.2, 0.25) is 5.02 Å². The second-order valence-corrected chi connectivity index (χ2v) is 4.78. The summed E-state index contributed by atoms with van der Waals surface area (Å²) in [6.45, 7) is 5.06. The van der Waals surface area contributed by atoms with Gasteiger partial charge in [0.25, 0.3) is 5.89 Å². The highest BCUT2D eigenvalue weighted by atomic mass is 35.5. The number of nitrogens with two attached hydrogens (primary N) is 1. The summed E-state index contributed by atoms with van der Waals surface area (Å²) in [5.74, 6) is 1.26. The zero-order chi connectivity index (χ0) is 13.0. The van der Waals surface area contributed by atoms with Crippen molar-refractivity contribution in [2.75, 3.05) is 0 Å². The molecule has 0 aliphatic rings. The average Bonchev–Trinajstić information content (AvgIpc) is 2.85. The molecule has 0 spiro atoms.